The van der Waals surface area contributed by atoms with Crippen molar-refractivity contribution in [3.05, 3.63) is 149 Å². The zero-order chi connectivity index (χ0) is 52.6. The van der Waals surface area contributed by atoms with Crippen molar-refractivity contribution in [1.82, 2.24) is 0 Å². The van der Waals surface area contributed by atoms with Gasteiger partial charge in [-0.15, -0.1) is 11.3 Å². The van der Waals surface area contributed by atoms with Gasteiger partial charge < -0.3 is 19.1 Å². The predicted octanol–water partition coefficient (Wildman–Crippen LogP) is 18.0. The van der Waals surface area contributed by atoms with E-state index in [1.807, 2.05) is 11.3 Å². The lowest BCUT2D eigenvalue weighted by atomic mass is 9.35. The summed E-state index contributed by atoms with van der Waals surface area (Å²) >= 11 is 1.95. The molecule has 0 saturated heterocycles. The van der Waals surface area contributed by atoms with Crippen LogP contribution in [0.2, 0.25) is 0 Å². The lowest BCUT2D eigenvalue weighted by Crippen LogP contribution is -2.60. The molecule has 0 radical (unpaired) electrons. The van der Waals surface area contributed by atoms with Crippen molar-refractivity contribution in [3.8, 4) is 0 Å². The molecule has 2 aromatic heterocycles. The van der Waals surface area contributed by atoms with E-state index in [1.165, 1.54) is 107 Å². The molecule has 4 nitrogen and oxygen atoms in total. The highest BCUT2D eigenvalue weighted by Crippen LogP contribution is 2.62. The molecule has 6 aromatic carbocycles. The normalized spacial score (nSPS) is 19.7. The summed E-state index contributed by atoms with van der Waals surface area (Å²) in [6.45, 7) is 39.9. The molecule has 4 aliphatic rings. The molecular formula is C68H78BN3OS. The Balaban J connectivity index is 1.23. The van der Waals surface area contributed by atoms with Gasteiger partial charge in [0.15, 0.2) is 0 Å². The van der Waals surface area contributed by atoms with Crippen molar-refractivity contribution in [2.75, 3.05) is 14.7 Å². The van der Waals surface area contributed by atoms with Crippen LogP contribution in [0.4, 0.5) is 44.8 Å². The van der Waals surface area contributed by atoms with Gasteiger partial charge in [0, 0.05) is 49.6 Å². The van der Waals surface area contributed by atoms with Crippen molar-refractivity contribution in [2.45, 2.75) is 181 Å². The van der Waals surface area contributed by atoms with E-state index in [4.69, 9.17) is 4.42 Å². The Morgan fingerprint density at radius 3 is 1.54 bits per heavy atom. The third-order valence-corrected chi connectivity index (χ3v) is 19.4. The minimum Gasteiger partial charge on any atom is -0.468 e. The number of thiophene rings is 1. The zero-order valence-electron chi connectivity index (χ0n) is 47.5. The van der Waals surface area contributed by atoms with Gasteiger partial charge in [0.1, 0.15) is 5.58 Å². The highest BCUT2D eigenvalue weighted by Gasteiger charge is 2.59. The Hall–Kier alpha value is -5.72. The average molecular weight is 996 g/mol. The highest BCUT2D eigenvalue weighted by atomic mass is 32.1. The smallest absolute Gasteiger partial charge is 0.298 e. The van der Waals surface area contributed by atoms with Crippen LogP contribution in [0.15, 0.2) is 120 Å². The summed E-state index contributed by atoms with van der Waals surface area (Å²) in [5, 5.41) is 3.72. The third-order valence-electron chi connectivity index (χ3n) is 18.2. The number of rotatable bonds is 3. The number of nitrogens with zero attached hydrogens (tertiary/aromatic N) is 3. The molecule has 3 aliphatic heterocycles. The lowest BCUT2D eigenvalue weighted by Gasteiger charge is -2.51. The molecule has 74 heavy (non-hydrogen) atoms. The Labute approximate surface area is 447 Å². The summed E-state index contributed by atoms with van der Waals surface area (Å²) < 4.78 is 8.92. The molecule has 1 fully saturated rings. The quantitative estimate of drug-likeness (QED) is 0.165. The molecule has 12 rings (SSSR count). The van der Waals surface area contributed by atoms with Gasteiger partial charge in [0.05, 0.1) is 21.9 Å². The maximum Gasteiger partial charge on any atom is 0.298 e. The second-order valence-electron chi connectivity index (χ2n) is 28.3. The molecule has 1 saturated carbocycles. The second kappa shape index (κ2) is 15.9. The first kappa shape index (κ1) is 49.2. The number of hydrogen-bond donors (Lipinski definition) is 0. The van der Waals surface area contributed by atoms with Crippen LogP contribution in [0, 0.1) is 0 Å². The van der Waals surface area contributed by atoms with Gasteiger partial charge in [-0.25, -0.2) is 0 Å². The summed E-state index contributed by atoms with van der Waals surface area (Å²) in [5.41, 5.74) is 21.1. The fourth-order valence-corrected chi connectivity index (χ4v) is 14.7. The molecule has 2 atom stereocenters. The van der Waals surface area contributed by atoms with Gasteiger partial charge in [-0.05, 0) is 157 Å². The van der Waals surface area contributed by atoms with Crippen molar-refractivity contribution < 1.29 is 4.42 Å². The van der Waals surface area contributed by atoms with Crippen molar-refractivity contribution in [1.29, 1.82) is 0 Å². The zero-order valence-corrected chi connectivity index (χ0v) is 48.4. The van der Waals surface area contributed by atoms with Crippen molar-refractivity contribution in [3.63, 3.8) is 0 Å². The molecule has 5 heterocycles. The molecule has 0 amide bonds. The molecule has 380 valence electrons. The van der Waals surface area contributed by atoms with Gasteiger partial charge in [-0.3, -0.25) is 0 Å². The topological polar surface area (TPSA) is 22.9 Å². The van der Waals surface area contributed by atoms with Crippen LogP contribution in [0.3, 0.4) is 0 Å². The minimum atomic E-state index is -0.162. The van der Waals surface area contributed by atoms with E-state index in [0.717, 1.165) is 34.4 Å². The summed E-state index contributed by atoms with van der Waals surface area (Å²) in [7, 11) is 0. The fourth-order valence-electron chi connectivity index (χ4n) is 13.4. The van der Waals surface area contributed by atoms with E-state index < -0.39 is 0 Å². The molecule has 8 aromatic rings. The summed E-state index contributed by atoms with van der Waals surface area (Å²) in [5.74, 6) is 0. The number of fused-ring (bicyclic) bond motifs is 11. The largest absolute Gasteiger partial charge is 0.468 e. The van der Waals surface area contributed by atoms with Crippen molar-refractivity contribution in [2.24, 2.45) is 0 Å². The first-order valence-corrected chi connectivity index (χ1v) is 28.5. The van der Waals surface area contributed by atoms with E-state index in [1.54, 1.807) is 0 Å². The highest BCUT2D eigenvalue weighted by molar-refractivity contribution is 7.26. The predicted molar refractivity (Wildman–Crippen MR) is 322 cm³/mol. The Bertz CT molecular complexity index is 3580. The Morgan fingerprint density at radius 1 is 0.473 bits per heavy atom. The van der Waals surface area contributed by atoms with Crippen LogP contribution < -0.4 is 31.3 Å². The van der Waals surface area contributed by atoms with Crippen LogP contribution in [0.5, 0.6) is 0 Å². The van der Waals surface area contributed by atoms with E-state index in [0.29, 0.717) is 0 Å². The summed E-state index contributed by atoms with van der Waals surface area (Å²) in [6, 6.07) is 46.0. The fraction of sp³-hybridized carbons (Fsp3) is 0.412. The van der Waals surface area contributed by atoms with Crippen LogP contribution in [0.1, 0.15) is 177 Å². The molecule has 2 unspecified atom stereocenters. The maximum absolute atomic E-state index is 7.60. The summed E-state index contributed by atoms with van der Waals surface area (Å²) in [4.78, 5) is 8.07. The van der Waals surface area contributed by atoms with Gasteiger partial charge in [0.2, 0.25) is 0 Å². The first-order valence-electron chi connectivity index (χ1n) is 27.7. The van der Waals surface area contributed by atoms with Crippen LogP contribution in [-0.4, -0.2) is 12.3 Å². The monoisotopic (exact) mass is 996 g/mol. The van der Waals surface area contributed by atoms with Crippen molar-refractivity contribution >= 4 is 101 Å². The third kappa shape index (κ3) is 7.26. The lowest BCUT2D eigenvalue weighted by molar-refractivity contribution is 0.195. The van der Waals surface area contributed by atoms with Gasteiger partial charge in [-0.1, -0.05) is 178 Å². The van der Waals surface area contributed by atoms with Crippen LogP contribution in [0.25, 0.3) is 21.1 Å². The molecule has 0 bridgehead atoms. The average Bonchev–Trinajstić information content (AvgIpc) is 4.02. The summed E-state index contributed by atoms with van der Waals surface area (Å²) in [6.07, 6.45) is 4.74. The van der Waals surface area contributed by atoms with E-state index in [-0.39, 0.29) is 44.7 Å². The SMILES string of the molecule is CC(C)(C)c1ccc(N2c3cc(N4c5ccc(C(C)(C)C)cc5C5(C)CCCCC45C)cc4c3B(c3oc5cc(C(C)(C)C)ccc5c3N4c3ccc(C(C)(C)C)cc3)c3c2sc2cc(C(C)(C)C)ccc32)cc1. The van der Waals surface area contributed by atoms with Crippen LogP contribution in [-0.2, 0) is 32.5 Å². The van der Waals surface area contributed by atoms with E-state index in [9.17, 15) is 0 Å². The molecule has 0 N–H and O–H groups in total. The van der Waals surface area contributed by atoms with Gasteiger partial charge in [-0.2, -0.15) is 0 Å². The molecule has 1 aliphatic carbocycles. The van der Waals surface area contributed by atoms with E-state index in [2.05, 4.69) is 248 Å². The molecule has 6 heteroatoms. The number of benzene rings is 6. The number of anilines is 8. The number of furan rings is 1. The Kier molecular flexibility index (Phi) is 10.6. The van der Waals surface area contributed by atoms with Crippen LogP contribution >= 0.6 is 11.3 Å². The maximum atomic E-state index is 7.60. The number of hydrogen-bond acceptors (Lipinski definition) is 5. The standard InChI is InChI=1S/C68H78BN3OS/c1-62(2,3)41-20-27-46(28-21-41)70-53-39-48(72-52-33-26-43(64(7,8)9)36-51(52)67(16)34-18-19-35-68(67,72)17)40-54-58(53)69(60-59(70)49-31-24-44(65(10,11)12)37-55(49)73-60)57-50-32-25-45(66(13,14)15)38-56(50)74-61(57)71(54)47-29-22-42(23-30-47)63(4,5)6/h20-33,36-40H,18-19,34-35H2,1-17H3. The molecular weight excluding hydrogens is 918 g/mol. The minimum absolute atomic E-state index is 0.000132. The van der Waals surface area contributed by atoms with Gasteiger partial charge >= 0.3 is 0 Å². The van der Waals surface area contributed by atoms with E-state index >= 15 is 0 Å². The Morgan fingerprint density at radius 2 is 0.959 bits per heavy atom. The first-order chi connectivity index (χ1) is 34.6. The van der Waals surface area contributed by atoms with Gasteiger partial charge in [0.25, 0.3) is 6.71 Å². The molecule has 0 spiro atoms. The second-order valence-corrected chi connectivity index (χ2v) is 29.3.